The molecule has 0 saturated carbocycles. The van der Waals surface area contributed by atoms with Gasteiger partial charge in [0, 0.05) is 31.0 Å². The molecule has 2 heterocycles. The van der Waals surface area contributed by atoms with E-state index in [0.29, 0.717) is 6.04 Å². The van der Waals surface area contributed by atoms with Gasteiger partial charge in [0.1, 0.15) is 5.82 Å². The van der Waals surface area contributed by atoms with Crippen LogP contribution in [0, 0.1) is 6.92 Å². The number of hydrogen-bond acceptors (Lipinski definition) is 4. The Bertz CT molecular complexity index is 670. The molecule has 4 heteroatoms. The second-order valence-electron chi connectivity index (χ2n) is 6.55. The van der Waals surface area contributed by atoms with Gasteiger partial charge in [-0.15, -0.1) is 0 Å². The van der Waals surface area contributed by atoms with E-state index >= 15 is 0 Å². The topological polar surface area (TPSA) is 32.3 Å². The largest absolute Gasteiger partial charge is 0.353 e. The summed E-state index contributed by atoms with van der Waals surface area (Å²) in [7, 11) is 0. The molecule has 4 nitrogen and oxygen atoms in total. The lowest BCUT2D eigenvalue weighted by Crippen LogP contribution is -2.39. The number of anilines is 3. The van der Waals surface area contributed by atoms with Gasteiger partial charge in [0.25, 0.3) is 0 Å². The highest BCUT2D eigenvalue weighted by Gasteiger charge is 2.23. The van der Waals surface area contributed by atoms with E-state index < -0.39 is 0 Å². The monoisotopic (exact) mass is 324 g/mol. The van der Waals surface area contributed by atoms with Crippen molar-refractivity contribution in [1.82, 2.24) is 9.97 Å². The molecular weight excluding hydrogens is 296 g/mol. The minimum Gasteiger partial charge on any atom is -0.353 e. The maximum atomic E-state index is 4.91. The molecule has 1 aliphatic rings. The molecule has 3 rings (SSSR count). The van der Waals surface area contributed by atoms with E-state index in [9.17, 15) is 0 Å². The molecule has 0 spiro atoms. The van der Waals surface area contributed by atoms with E-state index in [-0.39, 0.29) is 0 Å². The molecule has 0 N–H and O–H groups in total. The molecule has 128 valence electrons. The maximum Gasteiger partial charge on any atom is 0.231 e. The van der Waals surface area contributed by atoms with Crippen molar-refractivity contribution in [3.63, 3.8) is 0 Å². The van der Waals surface area contributed by atoms with Crippen molar-refractivity contribution in [3.8, 4) is 0 Å². The smallest absolute Gasteiger partial charge is 0.231 e. The lowest BCUT2D eigenvalue weighted by Gasteiger charge is -2.36. The van der Waals surface area contributed by atoms with Crippen molar-refractivity contribution < 1.29 is 0 Å². The first-order chi connectivity index (χ1) is 11.7. The maximum absolute atomic E-state index is 4.91. The van der Waals surface area contributed by atoms with Gasteiger partial charge in [0.2, 0.25) is 5.95 Å². The summed E-state index contributed by atoms with van der Waals surface area (Å²) < 4.78 is 0. The van der Waals surface area contributed by atoms with Gasteiger partial charge in [-0.1, -0.05) is 19.1 Å². The summed E-state index contributed by atoms with van der Waals surface area (Å²) >= 11 is 0. The fourth-order valence-electron chi connectivity index (χ4n) is 3.59. The average Bonchev–Trinajstić information content (AvgIpc) is 2.63. The van der Waals surface area contributed by atoms with Gasteiger partial charge in [-0.2, -0.15) is 4.98 Å². The molecule has 2 aromatic rings. The van der Waals surface area contributed by atoms with Crippen LogP contribution < -0.4 is 9.80 Å². The van der Waals surface area contributed by atoms with Crippen molar-refractivity contribution in [2.45, 2.75) is 52.5 Å². The number of hydrogen-bond donors (Lipinski definition) is 0. The average molecular weight is 324 g/mol. The zero-order chi connectivity index (χ0) is 16.9. The second kappa shape index (κ2) is 7.65. The van der Waals surface area contributed by atoms with Gasteiger partial charge in [0.05, 0.1) is 0 Å². The Kier molecular flexibility index (Phi) is 5.34. The fourth-order valence-corrected chi connectivity index (χ4v) is 3.59. The van der Waals surface area contributed by atoms with Gasteiger partial charge >= 0.3 is 0 Å². The molecule has 0 radical (unpaired) electrons. The molecule has 1 aromatic carbocycles. The minimum absolute atomic E-state index is 0.607. The fraction of sp³-hybridized carbons (Fsp3) is 0.500. The van der Waals surface area contributed by atoms with Crippen LogP contribution >= 0.6 is 0 Å². The molecule has 0 amide bonds. The van der Waals surface area contributed by atoms with Crippen LogP contribution in [0.3, 0.4) is 0 Å². The highest BCUT2D eigenvalue weighted by atomic mass is 15.3. The minimum atomic E-state index is 0.607. The Balaban J connectivity index is 1.91. The first-order valence-electron chi connectivity index (χ1n) is 9.16. The number of aromatic nitrogens is 2. The van der Waals surface area contributed by atoms with Crippen LogP contribution in [0.25, 0.3) is 0 Å². The standard InChI is InChI=1S/C20H28N4/c1-4-17-10-6-7-14-24(17)19-12-13-21-20(22-19)23(5-2)18-11-8-9-16(3)15-18/h8-9,11-13,15,17H,4-7,10,14H2,1-3H3. The lowest BCUT2D eigenvalue weighted by molar-refractivity contribution is 0.446. The molecule has 1 unspecified atom stereocenters. The first-order valence-corrected chi connectivity index (χ1v) is 9.16. The van der Waals surface area contributed by atoms with Crippen molar-refractivity contribution in [3.05, 3.63) is 42.1 Å². The normalized spacial score (nSPS) is 17.8. The van der Waals surface area contributed by atoms with E-state index in [4.69, 9.17) is 4.98 Å². The van der Waals surface area contributed by atoms with Gasteiger partial charge in [-0.25, -0.2) is 4.98 Å². The van der Waals surface area contributed by atoms with Crippen LogP contribution in [0.2, 0.25) is 0 Å². The van der Waals surface area contributed by atoms with Crippen LogP contribution in [0.1, 0.15) is 45.1 Å². The molecule has 1 aromatic heterocycles. The van der Waals surface area contributed by atoms with E-state index in [1.54, 1.807) is 0 Å². The van der Waals surface area contributed by atoms with Crippen molar-refractivity contribution in [1.29, 1.82) is 0 Å². The van der Waals surface area contributed by atoms with E-state index in [1.807, 2.05) is 6.20 Å². The van der Waals surface area contributed by atoms with E-state index in [1.165, 1.54) is 31.2 Å². The molecule has 0 aliphatic carbocycles. The molecule has 1 aliphatic heterocycles. The number of benzene rings is 1. The Hall–Kier alpha value is -2.10. The van der Waals surface area contributed by atoms with Crippen LogP contribution in [-0.4, -0.2) is 29.1 Å². The van der Waals surface area contributed by atoms with Gasteiger partial charge in [0.15, 0.2) is 0 Å². The lowest BCUT2D eigenvalue weighted by atomic mass is 10.0. The van der Waals surface area contributed by atoms with E-state index in [0.717, 1.165) is 30.5 Å². The number of nitrogens with zero attached hydrogens (tertiary/aromatic N) is 4. The molecule has 0 bridgehead atoms. The SMILES string of the molecule is CCC1CCCCN1c1ccnc(N(CC)c2cccc(C)c2)n1. The Morgan fingerprint density at radius 2 is 2.08 bits per heavy atom. The number of aryl methyl sites for hydroxylation is 1. The zero-order valence-electron chi connectivity index (χ0n) is 15.1. The Labute approximate surface area is 145 Å². The third-order valence-electron chi connectivity index (χ3n) is 4.89. The van der Waals surface area contributed by atoms with Gasteiger partial charge < -0.3 is 9.80 Å². The summed E-state index contributed by atoms with van der Waals surface area (Å²) in [5.41, 5.74) is 2.41. The van der Waals surface area contributed by atoms with Crippen LogP contribution in [0.4, 0.5) is 17.5 Å². The Morgan fingerprint density at radius 1 is 1.21 bits per heavy atom. The summed E-state index contributed by atoms with van der Waals surface area (Å²) in [5.74, 6) is 1.86. The van der Waals surface area contributed by atoms with Gasteiger partial charge in [-0.3, -0.25) is 0 Å². The van der Waals surface area contributed by atoms with Gasteiger partial charge in [-0.05, 0) is 63.3 Å². The highest BCUT2D eigenvalue weighted by Crippen LogP contribution is 2.28. The molecule has 1 saturated heterocycles. The van der Waals surface area contributed by atoms with Crippen LogP contribution in [0.15, 0.2) is 36.5 Å². The summed E-state index contributed by atoms with van der Waals surface area (Å²) in [6.45, 7) is 8.49. The second-order valence-corrected chi connectivity index (χ2v) is 6.55. The molecule has 24 heavy (non-hydrogen) atoms. The summed E-state index contributed by atoms with van der Waals surface area (Å²) in [4.78, 5) is 14.1. The summed E-state index contributed by atoms with van der Waals surface area (Å²) in [5, 5.41) is 0. The predicted molar refractivity (Wildman–Crippen MR) is 101 cm³/mol. The highest BCUT2D eigenvalue weighted by molar-refractivity contribution is 5.59. The van der Waals surface area contributed by atoms with Crippen molar-refractivity contribution in [2.24, 2.45) is 0 Å². The summed E-state index contributed by atoms with van der Waals surface area (Å²) in [6, 6.07) is 11.2. The van der Waals surface area contributed by atoms with E-state index in [2.05, 4.69) is 65.9 Å². The third-order valence-corrected chi connectivity index (χ3v) is 4.89. The first kappa shape index (κ1) is 16.7. The summed E-state index contributed by atoms with van der Waals surface area (Å²) in [6.07, 6.45) is 6.93. The van der Waals surface area contributed by atoms with Crippen LogP contribution in [0.5, 0.6) is 0 Å². The van der Waals surface area contributed by atoms with Crippen molar-refractivity contribution >= 4 is 17.5 Å². The van der Waals surface area contributed by atoms with Crippen molar-refractivity contribution in [2.75, 3.05) is 22.9 Å². The van der Waals surface area contributed by atoms with Crippen LogP contribution in [-0.2, 0) is 0 Å². The predicted octanol–water partition coefficient (Wildman–Crippen LogP) is 4.71. The molecule has 1 fully saturated rings. The number of rotatable bonds is 5. The third kappa shape index (κ3) is 3.53. The molecular formula is C20H28N4. The zero-order valence-corrected chi connectivity index (χ0v) is 15.1. The quantitative estimate of drug-likeness (QED) is 0.797. The molecule has 1 atom stereocenters. The number of piperidine rings is 1. The Morgan fingerprint density at radius 3 is 2.83 bits per heavy atom.